The minimum atomic E-state index is 0.304. The Morgan fingerprint density at radius 2 is 1.85 bits per heavy atom. The van der Waals surface area contributed by atoms with Crippen LogP contribution >= 0.6 is 31.9 Å². The summed E-state index contributed by atoms with van der Waals surface area (Å²) in [5.41, 5.74) is 7.35. The van der Waals surface area contributed by atoms with E-state index in [1.54, 1.807) is 0 Å². The van der Waals surface area contributed by atoms with Crippen LogP contribution in [0, 0.1) is 5.92 Å². The molecule has 1 saturated carbocycles. The van der Waals surface area contributed by atoms with Crippen molar-refractivity contribution in [2.24, 2.45) is 11.7 Å². The van der Waals surface area contributed by atoms with Crippen LogP contribution in [-0.4, -0.2) is 24.5 Å². The van der Waals surface area contributed by atoms with Crippen molar-refractivity contribution < 1.29 is 0 Å². The van der Waals surface area contributed by atoms with Gasteiger partial charge in [0.1, 0.15) is 0 Å². The zero-order valence-corrected chi connectivity index (χ0v) is 15.5. The van der Waals surface area contributed by atoms with Crippen LogP contribution in [0.2, 0.25) is 0 Å². The lowest BCUT2D eigenvalue weighted by Gasteiger charge is -2.38. The van der Waals surface area contributed by atoms with Crippen molar-refractivity contribution in [2.75, 3.05) is 13.6 Å². The first-order chi connectivity index (χ1) is 9.52. The third-order valence-corrected chi connectivity index (χ3v) is 6.48. The van der Waals surface area contributed by atoms with Gasteiger partial charge >= 0.3 is 0 Å². The second-order valence-electron chi connectivity index (χ2n) is 6.00. The molecule has 1 atom stereocenters. The fraction of sp³-hybridized carbons (Fsp3) is 0.625. The molecule has 1 aliphatic carbocycles. The molecule has 0 amide bonds. The first-order valence-electron chi connectivity index (χ1n) is 7.40. The summed E-state index contributed by atoms with van der Waals surface area (Å²) in [5, 5.41) is 0. The molecule has 1 aromatic rings. The van der Waals surface area contributed by atoms with Gasteiger partial charge < -0.3 is 5.73 Å². The van der Waals surface area contributed by atoms with Crippen molar-refractivity contribution in [3.8, 4) is 0 Å². The second kappa shape index (κ2) is 7.39. The van der Waals surface area contributed by atoms with Gasteiger partial charge in [-0.2, -0.15) is 0 Å². The van der Waals surface area contributed by atoms with E-state index in [2.05, 4.69) is 68.9 Å². The molecule has 0 saturated heterocycles. The summed E-state index contributed by atoms with van der Waals surface area (Å²) in [6.07, 6.45) is 5.28. The Labute approximate surface area is 139 Å². The van der Waals surface area contributed by atoms with Crippen molar-refractivity contribution in [2.45, 2.75) is 44.7 Å². The lowest BCUT2D eigenvalue weighted by Crippen LogP contribution is -2.40. The SMILES string of the molecule is CC1CCC(N(C)C(CN)c2ccc(Br)c(Br)c2)CC1. The minimum Gasteiger partial charge on any atom is -0.329 e. The van der Waals surface area contributed by atoms with E-state index in [1.165, 1.54) is 31.2 Å². The number of hydrogen-bond acceptors (Lipinski definition) is 2. The fourth-order valence-electron chi connectivity index (χ4n) is 3.16. The van der Waals surface area contributed by atoms with Gasteiger partial charge in [0.25, 0.3) is 0 Å². The summed E-state index contributed by atoms with van der Waals surface area (Å²) in [6.45, 7) is 3.03. The van der Waals surface area contributed by atoms with Gasteiger partial charge in [-0.1, -0.05) is 13.0 Å². The molecule has 0 bridgehead atoms. The second-order valence-corrected chi connectivity index (χ2v) is 7.71. The van der Waals surface area contributed by atoms with E-state index >= 15 is 0 Å². The van der Waals surface area contributed by atoms with Crippen molar-refractivity contribution in [1.82, 2.24) is 4.90 Å². The molecule has 2 N–H and O–H groups in total. The Hall–Kier alpha value is 0.1000. The molecule has 2 nitrogen and oxygen atoms in total. The Bertz CT molecular complexity index is 442. The highest BCUT2D eigenvalue weighted by Crippen LogP contribution is 2.33. The predicted molar refractivity (Wildman–Crippen MR) is 92.8 cm³/mol. The van der Waals surface area contributed by atoms with Crippen LogP contribution < -0.4 is 5.73 Å². The van der Waals surface area contributed by atoms with Crippen LogP contribution in [0.1, 0.15) is 44.2 Å². The van der Waals surface area contributed by atoms with Crippen LogP contribution in [0.15, 0.2) is 27.1 Å². The lowest BCUT2D eigenvalue weighted by atomic mass is 9.86. The van der Waals surface area contributed by atoms with Gasteiger partial charge in [-0.25, -0.2) is 0 Å². The van der Waals surface area contributed by atoms with Gasteiger partial charge in [-0.05, 0) is 88.2 Å². The van der Waals surface area contributed by atoms with Crippen LogP contribution in [0.4, 0.5) is 0 Å². The molecular formula is C16H24Br2N2. The van der Waals surface area contributed by atoms with E-state index < -0.39 is 0 Å². The maximum Gasteiger partial charge on any atom is 0.0470 e. The molecule has 0 radical (unpaired) electrons. The number of likely N-dealkylation sites (N-methyl/N-ethyl adjacent to an activating group) is 1. The molecule has 1 aliphatic rings. The molecule has 0 aromatic heterocycles. The minimum absolute atomic E-state index is 0.304. The number of benzene rings is 1. The fourth-order valence-corrected chi connectivity index (χ4v) is 3.80. The maximum atomic E-state index is 6.06. The third kappa shape index (κ3) is 3.85. The van der Waals surface area contributed by atoms with Crippen LogP contribution in [0.5, 0.6) is 0 Å². The molecule has 4 heteroatoms. The Morgan fingerprint density at radius 3 is 2.40 bits per heavy atom. The number of hydrogen-bond donors (Lipinski definition) is 1. The average Bonchev–Trinajstić information content (AvgIpc) is 2.44. The van der Waals surface area contributed by atoms with Gasteiger partial charge in [0.15, 0.2) is 0 Å². The number of nitrogens with two attached hydrogens (primary N) is 1. The molecule has 112 valence electrons. The summed E-state index contributed by atoms with van der Waals surface area (Å²) in [5.74, 6) is 0.887. The van der Waals surface area contributed by atoms with Crippen molar-refractivity contribution >= 4 is 31.9 Å². The molecule has 1 aromatic carbocycles. The summed E-state index contributed by atoms with van der Waals surface area (Å²) in [6, 6.07) is 7.43. The zero-order valence-electron chi connectivity index (χ0n) is 12.3. The standard InChI is InChI=1S/C16H24Br2N2/c1-11-3-6-13(7-4-11)20(2)16(10-19)12-5-8-14(17)15(18)9-12/h5,8-9,11,13,16H,3-4,6-7,10,19H2,1-2H3. The summed E-state index contributed by atoms with van der Waals surface area (Å²) in [7, 11) is 2.23. The van der Waals surface area contributed by atoms with Crippen molar-refractivity contribution in [3.05, 3.63) is 32.7 Å². The predicted octanol–water partition coefficient (Wildman–Crippen LogP) is 4.72. The number of nitrogens with zero attached hydrogens (tertiary/aromatic N) is 1. The zero-order chi connectivity index (χ0) is 14.7. The molecule has 2 rings (SSSR count). The molecular weight excluding hydrogens is 380 g/mol. The normalized spacial score (nSPS) is 24.9. The highest BCUT2D eigenvalue weighted by molar-refractivity contribution is 9.13. The molecule has 0 aliphatic heterocycles. The van der Waals surface area contributed by atoms with Gasteiger partial charge in [-0.15, -0.1) is 0 Å². The van der Waals surface area contributed by atoms with Gasteiger partial charge in [0.2, 0.25) is 0 Å². The first-order valence-corrected chi connectivity index (χ1v) is 8.98. The van der Waals surface area contributed by atoms with E-state index in [0.29, 0.717) is 18.6 Å². The highest BCUT2D eigenvalue weighted by Gasteiger charge is 2.26. The Kier molecular flexibility index (Phi) is 6.09. The van der Waals surface area contributed by atoms with Crippen LogP contribution in [0.3, 0.4) is 0 Å². The first kappa shape index (κ1) is 16.5. The Balaban J connectivity index is 2.12. The molecule has 0 heterocycles. The molecule has 1 fully saturated rings. The van der Waals surface area contributed by atoms with E-state index in [-0.39, 0.29) is 0 Å². The molecule has 0 spiro atoms. The molecule has 20 heavy (non-hydrogen) atoms. The lowest BCUT2D eigenvalue weighted by molar-refractivity contribution is 0.126. The summed E-state index contributed by atoms with van der Waals surface area (Å²) < 4.78 is 2.19. The Morgan fingerprint density at radius 1 is 1.20 bits per heavy atom. The largest absolute Gasteiger partial charge is 0.329 e. The smallest absolute Gasteiger partial charge is 0.0470 e. The third-order valence-electron chi connectivity index (χ3n) is 4.60. The van der Waals surface area contributed by atoms with Crippen LogP contribution in [-0.2, 0) is 0 Å². The summed E-state index contributed by atoms with van der Waals surface area (Å²) in [4.78, 5) is 2.49. The van der Waals surface area contributed by atoms with Crippen LogP contribution in [0.25, 0.3) is 0 Å². The highest BCUT2D eigenvalue weighted by atomic mass is 79.9. The van der Waals surface area contributed by atoms with Gasteiger partial charge in [0.05, 0.1) is 0 Å². The van der Waals surface area contributed by atoms with Crippen molar-refractivity contribution in [3.63, 3.8) is 0 Å². The van der Waals surface area contributed by atoms with Crippen molar-refractivity contribution in [1.29, 1.82) is 0 Å². The van der Waals surface area contributed by atoms with E-state index in [9.17, 15) is 0 Å². The topological polar surface area (TPSA) is 29.3 Å². The number of halogens is 2. The average molecular weight is 404 g/mol. The van der Waals surface area contributed by atoms with Gasteiger partial charge in [0, 0.05) is 27.6 Å². The van der Waals surface area contributed by atoms with Gasteiger partial charge in [-0.3, -0.25) is 4.90 Å². The maximum absolute atomic E-state index is 6.06. The summed E-state index contributed by atoms with van der Waals surface area (Å²) >= 11 is 7.12. The van der Waals surface area contributed by atoms with E-state index in [1.807, 2.05) is 0 Å². The van der Waals surface area contributed by atoms with E-state index in [4.69, 9.17) is 5.73 Å². The van der Waals surface area contributed by atoms with E-state index in [0.717, 1.165) is 14.9 Å². The quantitative estimate of drug-likeness (QED) is 0.787. The monoisotopic (exact) mass is 402 g/mol. The number of rotatable bonds is 4. The molecule has 1 unspecified atom stereocenters.